The summed E-state index contributed by atoms with van der Waals surface area (Å²) in [4.78, 5) is 14.3. The lowest BCUT2D eigenvalue weighted by Crippen LogP contribution is -2.49. The molecule has 1 aliphatic rings. The molecule has 1 aromatic rings. The molecule has 1 saturated heterocycles. The van der Waals surface area contributed by atoms with Crippen molar-refractivity contribution in [3.8, 4) is 0 Å². The van der Waals surface area contributed by atoms with Crippen molar-refractivity contribution in [2.45, 2.75) is 38.3 Å². The Morgan fingerprint density at radius 1 is 1.36 bits per heavy atom. The molecule has 0 aliphatic carbocycles. The van der Waals surface area contributed by atoms with Crippen molar-refractivity contribution in [1.29, 1.82) is 0 Å². The Balaban J connectivity index is 2.19. The minimum absolute atomic E-state index is 0.00400. The zero-order chi connectivity index (χ0) is 16.2. The number of carbonyl (C=O) groups is 1. The molecule has 0 saturated carbocycles. The van der Waals surface area contributed by atoms with Crippen molar-refractivity contribution in [1.82, 2.24) is 4.90 Å². The highest BCUT2D eigenvalue weighted by Gasteiger charge is 2.37. The van der Waals surface area contributed by atoms with Gasteiger partial charge in [0.05, 0.1) is 30.6 Å². The topological polar surface area (TPSA) is 74.7 Å². The fraction of sp³-hybridized carbons (Fsp3) is 0.562. The highest BCUT2D eigenvalue weighted by Crippen LogP contribution is 2.22. The third-order valence-electron chi connectivity index (χ3n) is 4.16. The van der Waals surface area contributed by atoms with Crippen LogP contribution in [-0.4, -0.2) is 54.5 Å². The average Bonchev–Trinajstić information content (AvgIpc) is 2.85. The molecule has 2 rings (SSSR count). The monoisotopic (exact) mass is 325 g/mol. The first-order valence-corrected chi connectivity index (χ1v) is 9.45. The van der Waals surface area contributed by atoms with E-state index >= 15 is 0 Å². The van der Waals surface area contributed by atoms with E-state index in [4.69, 9.17) is 0 Å². The van der Waals surface area contributed by atoms with Gasteiger partial charge >= 0.3 is 0 Å². The molecule has 0 bridgehead atoms. The molecular formula is C16H23NO4S. The van der Waals surface area contributed by atoms with Gasteiger partial charge in [0.15, 0.2) is 9.84 Å². The summed E-state index contributed by atoms with van der Waals surface area (Å²) in [5.41, 5.74) is 0.895. The van der Waals surface area contributed by atoms with Crippen LogP contribution < -0.4 is 0 Å². The number of benzene rings is 1. The molecule has 1 heterocycles. The second-order valence-corrected chi connectivity index (χ2v) is 7.99. The summed E-state index contributed by atoms with van der Waals surface area (Å²) in [5.74, 6) is 0.00721. The van der Waals surface area contributed by atoms with Gasteiger partial charge in [-0.3, -0.25) is 4.79 Å². The summed E-state index contributed by atoms with van der Waals surface area (Å²) < 4.78 is 23.5. The summed E-state index contributed by atoms with van der Waals surface area (Å²) in [6.45, 7) is 1.75. The second-order valence-electron chi connectivity index (χ2n) is 5.76. The maximum absolute atomic E-state index is 12.7. The Labute approximate surface area is 131 Å². The molecule has 1 fully saturated rings. The molecule has 6 heteroatoms. The van der Waals surface area contributed by atoms with Gasteiger partial charge in [0.2, 0.25) is 5.91 Å². The lowest BCUT2D eigenvalue weighted by atomic mass is 10.1. The number of sulfone groups is 1. The third-order valence-corrected chi connectivity index (χ3v) is 5.91. The van der Waals surface area contributed by atoms with Gasteiger partial charge in [0, 0.05) is 6.04 Å². The minimum Gasteiger partial charge on any atom is -0.394 e. The Bertz CT molecular complexity index is 596. The van der Waals surface area contributed by atoms with E-state index in [9.17, 15) is 18.3 Å². The third kappa shape index (κ3) is 4.08. The van der Waals surface area contributed by atoms with E-state index in [1.807, 2.05) is 37.3 Å². The molecule has 5 nitrogen and oxygen atoms in total. The summed E-state index contributed by atoms with van der Waals surface area (Å²) in [6.07, 6.45) is 1.29. The first-order valence-electron chi connectivity index (χ1n) is 7.63. The van der Waals surface area contributed by atoms with Gasteiger partial charge in [0.1, 0.15) is 0 Å². The first-order chi connectivity index (χ1) is 10.5. The molecule has 2 atom stereocenters. The normalized spacial score (nSPS) is 21.5. The lowest BCUT2D eigenvalue weighted by Gasteiger charge is -2.35. The lowest BCUT2D eigenvalue weighted by molar-refractivity contribution is -0.136. The average molecular weight is 325 g/mol. The van der Waals surface area contributed by atoms with E-state index in [1.54, 1.807) is 4.90 Å². The molecule has 22 heavy (non-hydrogen) atoms. The van der Waals surface area contributed by atoms with Crippen LogP contribution in [0.1, 0.15) is 25.3 Å². The standard InChI is InChI=1S/C16H23NO4S/c1-2-14(11-18)17(15-8-9-22(20,21)12-15)16(19)10-13-6-4-3-5-7-13/h3-7,14-15,18H,2,8-12H2,1H3/t14-,15-/m1/s1. The summed E-state index contributed by atoms with van der Waals surface area (Å²) in [6, 6.07) is 8.74. The van der Waals surface area contributed by atoms with Crippen molar-refractivity contribution < 1.29 is 18.3 Å². The van der Waals surface area contributed by atoms with E-state index in [2.05, 4.69) is 0 Å². The number of rotatable bonds is 6. The Kier molecular flexibility index (Phi) is 5.58. The van der Waals surface area contributed by atoms with Crippen LogP contribution in [0.15, 0.2) is 30.3 Å². The second kappa shape index (κ2) is 7.24. The van der Waals surface area contributed by atoms with Gasteiger partial charge in [0.25, 0.3) is 0 Å². The van der Waals surface area contributed by atoms with E-state index in [-0.39, 0.29) is 42.5 Å². The molecule has 1 aromatic carbocycles. The molecular weight excluding hydrogens is 302 g/mol. The fourth-order valence-corrected chi connectivity index (χ4v) is 4.69. The zero-order valence-corrected chi connectivity index (χ0v) is 13.6. The van der Waals surface area contributed by atoms with Gasteiger partial charge in [-0.25, -0.2) is 8.42 Å². The summed E-state index contributed by atoms with van der Waals surface area (Å²) in [7, 11) is -3.07. The number of aliphatic hydroxyl groups excluding tert-OH is 1. The van der Waals surface area contributed by atoms with Gasteiger partial charge in [-0.05, 0) is 18.4 Å². The van der Waals surface area contributed by atoms with Crippen LogP contribution >= 0.6 is 0 Å². The predicted octanol–water partition coefficient (Wildman–Crippen LogP) is 1.02. The number of hydrogen-bond donors (Lipinski definition) is 1. The maximum Gasteiger partial charge on any atom is 0.227 e. The molecule has 1 aliphatic heterocycles. The quantitative estimate of drug-likeness (QED) is 0.847. The Morgan fingerprint density at radius 2 is 2.05 bits per heavy atom. The van der Waals surface area contributed by atoms with Gasteiger partial charge < -0.3 is 10.0 Å². The maximum atomic E-state index is 12.7. The van der Waals surface area contributed by atoms with Crippen LogP contribution in [0.5, 0.6) is 0 Å². The summed E-state index contributed by atoms with van der Waals surface area (Å²) in [5, 5.41) is 9.56. The van der Waals surface area contributed by atoms with E-state index in [1.165, 1.54) is 0 Å². The minimum atomic E-state index is -3.07. The van der Waals surface area contributed by atoms with Crippen LogP contribution in [0.4, 0.5) is 0 Å². The van der Waals surface area contributed by atoms with Gasteiger partial charge in [-0.2, -0.15) is 0 Å². The highest BCUT2D eigenvalue weighted by molar-refractivity contribution is 7.91. The molecule has 0 unspecified atom stereocenters. The predicted molar refractivity (Wildman–Crippen MR) is 85.2 cm³/mol. The molecule has 1 amide bonds. The van der Waals surface area contributed by atoms with E-state index in [0.29, 0.717) is 12.8 Å². The number of amides is 1. The van der Waals surface area contributed by atoms with E-state index in [0.717, 1.165) is 5.56 Å². The van der Waals surface area contributed by atoms with Gasteiger partial charge in [-0.1, -0.05) is 37.3 Å². The zero-order valence-electron chi connectivity index (χ0n) is 12.8. The largest absolute Gasteiger partial charge is 0.394 e. The van der Waals surface area contributed by atoms with E-state index < -0.39 is 9.84 Å². The Hall–Kier alpha value is -1.40. The number of carbonyl (C=O) groups excluding carboxylic acids is 1. The van der Waals surface area contributed by atoms with Crippen LogP contribution in [-0.2, 0) is 21.1 Å². The van der Waals surface area contributed by atoms with Crippen LogP contribution in [0.2, 0.25) is 0 Å². The van der Waals surface area contributed by atoms with Crippen molar-refractivity contribution in [2.75, 3.05) is 18.1 Å². The first kappa shape index (κ1) is 17.0. The van der Waals surface area contributed by atoms with Crippen LogP contribution in [0.3, 0.4) is 0 Å². The number of aliphatic hydroxyl groups is 1. The molecule has 122 valence electrons. The molecule has 0 aromatic heterocycles. The highest BCUT2D eigenvalue weighted by atomic mass is 32.2. The smallest absolute Gasteiger partial charge is 0.227 e. The number of nitrogens with zero attached hydrogens (tertiary/aromatic N) is 1. The van der Waals surface area contributed by atoms with Crippen molar-refractivity contribution in [2.24, 2.45) is 0 Å². The summed E-state index contributed by atoms with van der Waals surface area (Å²) >= 11 is 0. The van der Waals surface area contributed by atoms with Crippen molar-refractivity contribution >= 4 is 15.7 Å². The van der Waals surface area contributed by atoms with Crippen LogP contribution in [0, 0.1) is 0 Å². The van der Waals surface area contributed by atoms with Crippen molar-refractivity contribution in [3.63, 3.8) is 0 Å². The van der Waals surface area contributed by atoms with Crippen molar-refractivity contribution in [3.05, 3.63) is 35.9 Å². The molecule has 0 radical (unpaired) electrons. The number of hydrogen-bond acceptors (Lipinski definition) is 4. The SMILES string of the molecule is CC[C@H](CO)N(C(=O)Cc1ccccc1)[C@@H]1CCS(=O)(=O)C1. The molecule has 1 N–H and O–H groups in total. The van der Waals surface area contributed by atoms with Crippen LogP contribution in [0.25, 0.3) is 0 Å². The molecule has 0 spiro atoms. The van der Waals surface area contributed by atoms with Gasteiger partial charge in [-0.15, -0.1) is 0 Å². The fourth-order valence-electron chi connectivity index (χ4n) is 2.98. The Morgan fingerprint density at radius 3 is 2.55 bits per heavy atom.